The number of carboxylic acid groups (broad SMARTS) is 1. The van der Waals surface area contributed by atoms with Gasteiger partial charge in [-0.05, 0) is 42.2 Å². The zero-order valence-corrected chi connectivity index (χ0v) is 11.6. The van der Waals surface area contributed by atoms with Gasteiger partial charge in [-0.3, -0.25) is 9.69 Å². The maximum absolute atomic E-state index is 11.2. The van der Waals surface area contributed by atoms with Crippen LogP contribution in [-0.4, -0.2) is 28.1 Å². The van der Waals surface area contributed by atoms with Crippen LogP contribution >= 0.6 is 0 Å². The van der Waals surface area contributed by atoms with E-state index in [4.69, 9.17) is 0 Å². The largest absolute Gasteiger partial charge is 0.480 e. The van der Waals surface area contributed by atoms with Crippen LogP contribution in [0.1, 0.15) is 25.3 Å². The van der Waals surface area contributed by atoms with E-state index in [-0.39, 0.29) is 0 Å². The van der Waals surface area contributed by atoms with Crippen LogP contribution < -0.4 is 0 Å². The summed E-state index contributed by atoms with van der Waals surface area (Å²) in [7, 11) is 0. The Labute approximate surface area is 118 Å². The summed E-state index contributed by atoms with van der Waals surface area (Å²) >= 11 is 0. The number of hydrogen-bond acceptors (Lipinski definition) is 2. The van der Waals surface area contributed by atoms with Gasteiger partial charge in [0, 0.05) is 12.6 Å². The van der Waals surface area contributed by atoms with Crippen molar-refractivity contribution >= 4 is 16.7 Å². The van der Waals surface area contributed by atoms with Crippen molar-refractivity contribution in [3.05, 3.63) is 48.0 Å². The normalized spacial score (nSPS) is 16.5. The zero-order valence-electron chi connectivity index (χ0n) is 11.6. The monoisotopic (exact) mass is 269 g/mol. The molecule has 1 aliphatic rings. The number of hydrogen-bond donors (Lipinski definition) is 1. The molecule has 104 valence electrons. The van der Waals surface area contributed by atoms with E-state index in [0.717, 1.165) is 12.8 Å². The Balaban J connectivity index is 1.84. The number of rotatable bonds is 5. The Morgan fingerprint density at radius 3 is 2.60 bits per heavy atom. The molecule has 0 saturated heterocycles. The van der Waals surface area contributed by atoms with E-state index < -0.39 is 12.0 Å². The first kappa shape index (κ1) is 13.1. The Kier molecular flexibility index (Phi) is 3.45. The molecule has 1 atom stereocenters. The maximum atomic E-state index is 11.2. The molecular weight excluding hydrogens is 250 g/mol. The molecule has 0 aliphatic heterocycles. The third-order valence-electron chi connectivity index (χ3n) is 4.05. The molecule has 0 aromatic heterocycles. The van der Waals surface area contributed by atoms with Gasteiger partial charge in [0.05, 0.1) is 0 Å². The highest BCUT2D eigenvalue weighted by molar-refractivity contribution is 5.83. The summed E-state index contributed by atoms with van der Waals surface area (Å²) in [6.45, 7) is 2.49. The van der Waals surface area contributed by atoms with Crippen LogP contribution in [0.5, 0.6) is 0 Å². The molecule has 3 nitrogen and oxygen atoms in total. The maximum Gasteiger partial charge on any atom is 0.320 e. The van der Waals surface area contributed by atoms with Crippen LogP contribution in [0.2, 0.25) is 0 Å². The van der Waals surface area contributed by atoms with Crippen LogP contribution in [0.4, 0.5) is 0 Å². The molecule has 0 bridgehead atoms. The average molecular weight is 269 g/mol. The van der Waals surface area contributed by atoms with Gasteiger partial charge in [0.2, 0.25) is 0 Å². The minimum Gasteiger partial charge on any atom is -0.480 e. The third kappa shape index (κ3) is 2.68. The van der Waals surface area contributed by atoms with Gasteiger partial charge in [-0.25, -0.2) is 0 Å². The van der Waals surface area contributed by atoms with Crippen LogP contribution in [0, 0.1) is 0 Å². The molecule has 0 amide bonds. The summed E-state index contributed by atoms with van der Waals surface area (Å²) in [6.07, 6.45) is 2.23. The Morgan fingerprint density at radius 2 is 1.95 bits per heavy atom. The number of nitrogens with zero attached hydrogens (tertiary/aromatic N) is 1. The number of carbonyl (C=O) groups is 1. The van der Waals surface area contributed by atoms with Crippen molar-refractivity contribution in [2.24, 2.45) is 0 Å². The lowest BCUT2D eigenvalue weighted by atomic mass is 10.1. The quantitative estimate of drug-likeness (QED) is 0.905. The minimum atomic E-state index is -0.738. The fourth-order valence-corrected chi connectivity index (χ4v) is 2.68. The first-order valence-corrected chi connectivity index (χ1v) is 7.11. The van der Waals surface area contributed by atoms with Gasteiger partial charge in [0.25, 0.3) is 0 Å². The topological polar surface area (TPSA) is 40.5 Å². The summed E-state index contributed by atoms with van der Waals surface area (Å²) in [5, 5.41) is 11.7. The van der Waals surface area contributed by atoms with Crippen LogP contribution in [0.3, 0.4) is 0 Å². The summed E-state index contributed by atoms with van der Waals surface area (Å²) < 4.78 is 0. The number of aliphatic carboxylic acids is 1. The average Bonchev–Trinajstić information content (AvgIpc) is 3.28. The molecule has 1 N–H and O–H groups in total. The van der Waals surface area contributed by atoms with Gasteiger partial charge in [-0.15, -0.1) is 0 Å². The first-order chi connectivity index (χ1) is 9.65. The second-order valence-electron chi connectivity index (χ2n) is 5.60. The second-order valence-corrected chi connectivity index (χ2v) is 5.60. The SMILES string of the molecule is CC(C(=O)O)N(Cc1ccc2ccccc2c1)C1CC1. The molecule has 2 aromatic rings. The van der Waals surface area contributed by atoms with Crippen molar-refractivity contribution in [1.82, 2.24) is 4.90 Å². The summed E-state index contributed by atoms with van der Waals surface area (Å²) in [5.74, 6) is -0.738. The second kappa shape index (κ2) is 5.25. The van der Waals surface area contributed by atoms with Crippen molar-refractivity contribution in [2.75, 3.05) is 0 Å². The summed E-state index contributed by atoms with van der Waals surface area (Å²) in [6, 6.07) is 14.7. The molecule has 0 radical (unpaired) electrons. The molecule has 1 saturated carbocycles. The third-order valence-corrected chi connectivity index (χ3v) is 4.05. The molecule has 2 aromatic carbocycles. The number of carboxylic acids is 1. The van der Waals surface area contributed by atoms with E-state index >= 15 is 0 Å². The van der Waals surface area contributed by atoms with Crippen LogP contribution in [-0.2, 0) is 11.3 Å². The Morgan fingerprint density at radius 1 is 1.25 bits per heavy atom. The van der Waals surface area contributed by atoms with E-state index in [1.54, 1.807) is 6.92 Å². The van der Waals surface area contributed by atoms with E-state index in [9.17, 15) is 9.90 Å². The van der Waals surface area contributed by atoms with Crippen molar-refractivity contribution in [1.29, 1.82) is 0 Å². The highest BCUT2D eigenvalue weighted by Crippen LogP contribution is 2.30. The summed E-state index contributed by atoms with van der Waals surface area (Å²) in [5.41, 5.74) is 1.18. The highest BCUT2D eigenvalue weighted by atomic mass is 16.4. The van der Waals surface area contributed by atoms with Gasteiger partial charge in [0.1, 0.15) is 6.04 Å². The van der Waals surface area contributed by atoms with E-state index in [2.05, 4.69) is 35.2 Å². The molecule has 20 heavy (non-hydrogen) atoms. The predicted octanol–water partition coefficient (Wildman–Crippen LogP) is 3.28. The molecule has 0 spiro atoms. The fourth-order valence-electron chi connectivity index (χ4n) is 2.68. The van der Waals surface area contributed by atoms with Crippen LogP contribution in [0.25, 0.3) is 10.8 Å². The van der Waals surface area contributed by atoms with E-state index in [1.807, 2.05) is 12.1 Å². The minimum absolute atomic E-state index is 0.422. The molecule has 3 rings (SSSR count). The lowest BCUT2D eigenvalue weighted by Gasteiger charge is -2.26. The highest BCUT2D eigenvalue weighted by Gasteiger charge is 2.34. The Hall–Kier alpha value is -1.87. The van der Waals surface area contributed by atoms with Gasteiger partial charge >= 0.3 is 5.97 Å². The molecule has 1 fully saturated rings. The molecular formula is C17H19NO2. The Bertz CT molecular complexity index is 634. The lowest BCUT2D eigenvalue weighted by Crippen LogP contribution is -2.39. The number of benzene rings is 2. The van der Waals surface area contributed by atoms with Crippen molar-refractivity contribution in [3.8, 4) is 0 Å². The van der Waals surface area contributed by atoms with E-state index in [0.29, 0.717) is 12.6 Å². The van der Waals surface area contributed by atoms with Gasteiger partial charge in [0.15, 0.2) is 0 Å². The predicted molar refractivity (Wildman–Crippen MR) is 79.6 cm³/mol. The van der Waals surface area contributed by atoms with Gasteiger partial charge < -0.3 is 5.11 Å². The van der Waals surface area contributed by atoms with Crippen molar-refractivity contribution < 1.29 is 9.90 Å². The van der Waals surface area contributed by atoms with Gasteiger partial charge in [-0.1, -0.05) is 36.4 Å². The standard InChI is InChI=1S/C17H19NO2/c1-12(17(19)20)18(16-8-9-16)11-13-6-7-14-4-2-3-5-15(14)10-13/h2-7,10,12,16H,8-9,11H2,1H3,(H,19,20). The van der Waals surface area contributed by atoms with Crippen LogP contribution in [0.15, 0.2) is 42.5 Å². The smallest absolute Gasteiger partial charge is 0.320 e. The van der Waals surface area contributed by atoms with E-state index in [1.165, 1.54) is 16.3 Å². The lowest BCUT2D eigenvalue weighted by molar-refractivity contribution is -0.143. The fraction of sp³-hybridized carbons (Fsp3) is 0.353. The molecule has 1 aliphatic carbocycles. The molecule has 1 unspecified atom stereocenters. The summed E-state index contributed by atoms with van der Waals surface area (Å²) in [4.78, 5) is 13.3. The molecule has 0 heterocycles. The zero-order chi connectivity index (χ0) is 14.1. The van der Waals surface area contributed by atoms with Crippen molar-refractivity contribution in [2.45, 2.75) is 38.4 Å². The van der Waals surface area contributed by atoms with Crippen molar-refractivity contribution in [3.63, 3.8) is 0 Å². The van der Waals surface area contributed by atoms with Gasteiger partial charge in [-0.2, -0.15) is 0 Å². The molecule has 3 heteroatoms. The first-order valence-electron chi connectivity index (χ1n) is 7.11. The number of fused-ring (bicyclic) bond motifs is 1.